The first kappa shape index (κ1) is 11.4. The Morgan fingerprint density at radius 3 is 2.64 bits per heavy atom. The summed E-state index contributed by atoms with van der Waals surface area (Å²) in [6.45, 7) is 1.01. The second-order valence-electron chi connectivity index (χ2n) is 1.96. The van der Waals surface area contributed by atoms with E-state index in [0.29, 0.717) is 19.6 Å². The molecule has 0 aliphatic carbocycles. The van der Waals surface area contributed by atoms with E-state index in [1.807, 2.05) is 0 Å². The predicted molar refractivity (Wildman–Crippen MR) is 47.2 cm³/mol. The van der Waals surface area contributed by atoms with Crippen molar-refractivity contribution in [3.8, 4) is 0 Å². The van der Waals surface area contributed by atoms with Gasteiger partial charge in [0.15, 0.2) is 0 Å². The monoisotopic (exact) mass is 245 g/mol. The fourth-order valence-electron chi connectivity index (χ4n) is 0.483. The van der Waals surface area contributed by atoms with Gasteiger partial charge in [0.05, 0.1) is 0 Å². The maximum Gasteiger partial charge on any atom is 0.221 e. The van der Waals surface area contributed by atoms with Crippen molar-refractivity contribution in [2.45, 2.75) is 6.42 Å². The molecule has 11 heavy (non-hydrogen) atoms. The van der Waals surface area contributed by atoms with Crippen molar-refractivity contribution in [2.75, 3.05) is 24.9 Å². The number of nitrogens with one attached hydrogen (secondary N) is 1. The van der Waals surface area contributed by atoms with Crippen LogP contribution in [0.2, 0.25) is 0 Å². The molecule has 0 fully saturated rings. The summed E-state index contributed by atoms with van der Waals surface area (Å²) in [4.78, 5) is 0. The molecule has 0 radical (unpaired) electrons. The first-order chi connectivity index (χ1) is 5.12. The van der Waals surface area contributed by atoms with Crippen LogP contribution < -0.4 is 4.72 Å². The number of alkyl halides is 1. The molecule has 6 heteroatoms. The van der Waals surface area contributed by atoms with Gasteiger partial charge < -0.3 is 4.74 Å². The molecule has 0 bridgehead atoms. The molecule has 0 saturated heterocycles. The highest BCUT2D eigenvalue weighted by molar-refractivity contribution is 9.10. The Morgan fingerprint density at radius 1 is 1.55 bits per heavy atom. The molecule has 0 rings (SSSR count). The molecule has 0 aromatic carbocycles. The van der Waals surface area contributed by atoms with Gasteiger partial charge in [0.1, 0.15) is 4.66 Å². The van der Waals surface area contributed by atoms with E-state index in [9.17, 15) is 8.42 Å². The number of methoxy groups -OCH3 is 1. The smallest absolute Gasteiger partial charge is 0.221 e. The van der Waals surface area contributed by atoms with Crippen LogP contribution in [0.1, 0.15) is 6.42 Å². The van der Waals surface area contributed by atoms with E-state index in [2.05, 4.69) is 20.7 Å². The summed E-state index contributed by atoms with van der Waals surface area (Å²) in [6, 6.07) is 0. The van der Waals surface area contributed by atoms with Gasteiger partial charge in [-0.25, -0.2) is 13.1 Å². The maximum absolute atomic E-state index is 10.8. The van der Waals surface area contributed by atoms with Gasteiger partial charge in [-0.3, -0.25) is 0 Å². The molecule has 0 aromatic heterocycles. The number of hydrogen-bond acceptors (Lipinski definition) is 3. The van der Waals surface area contributed by atoms with E-state index in [0.717, 1.165) is 0 Å². The van der Waals surface area contributed by atoms with Crippen molar-refractivity contribution in [1.82, 2.24) is 4.72 Å². The molecular weight excluding hydrogens is 234 g/mol. The molecule has 0 aliphatic heterocycles. The lowest BCUT2D eigenvalue weighted by molar-refractivity contribution is 0.196. The molecular formula is C5H12BrNO3S. The zero-order valence-electron chi connectivity index (χ0n) is 6.34. The SMILES string of the molecule is COCCCNS(=O)(=O)CBr. The van der Waals surface area contributed by atoms with Crippen LogP contribution in [0.4, 0.5) is 0 Å². The molecule has 1 N–H and O–H groups in total. The summed E-state index contributed by atoms with van der Waals surface area (Å²) in [7, 11) is -1.51. The maximum atomic E-state index is 10.8. The number of ether oxygens (including phenoxy) is 1. The summed E-state index contributed by atoms with van der Waals surface area (Å²) in [5.41, 5.74) is 0. The average Bonchev–Trinajstić information content (AvgIpc) is 1.99. The highest BCUT2D eigenvalue weighted by Gasteiger charge is 2.04. The third kappa shape index (κ3) is 6.74. The predicted octanol–water partition coefficient (Wildman–Crippen LogP) is 0.295. The molecule has 68 valence electrons. The Labute approximate surface area is 75.5 Å². The number of rotatable bonds is 6. The number of sulfonamides is 1. The lowest BCUT2D eigenvalue weighted by Gasteiger charge is -2.01. The molecule has 0 spiro atoms. The zero-order valence-corrected chi connectivity index (χ0v) is 8.74. The summed E-state index contributed by atoms with van der Waals surface area (Å²) < 4.78 is 28.6. The van der Waals surface area contributed by atoms with Crippen LogP contribution in [0.3, 0.4) is 0 Å². The van der Waals surface area contributed by atoms with Crippen molar-refractivity contribution in [2.24, 2.45) is 0 Å². The van der Waals surface area contributed by atoms with Crippen LogP contribution >= 0.6 is 15.9 Å². The van der Waals surface area contributed by atoms with E-state index in [1.54, 1.807) is 7.11 Å². The topological polar surface area (TPSA) is 55.4 Å². The van der Waals surface area contributed by atoms with Gasteiger partial charge in [0, 0.05) is 20.3 Å². The molecule has 0 aliphatic rings. The van der Waals surface area contributed by atoms with E-state index in [4.69, 9.17) is 4.74 Å². The summed E-state index contributed by atoms with van der Waals surface area (Å²) in [6.07, 6.45) is 0.697. The highest BCUT2D eigenvalue weighted by Crippen LogP contribution is 1.90. The minimum absolute atomic E-state index is 0.0486. The molecule has 0 amide bonds. The zero-order chi connectivity index (χ0) is 8.74. The van der Waals surface area contributed by atoms with Gasteiger partial charge in [0.25, 0.3) is 0 Å². The fraction of sp³-hybridized carbons (Fsp3) is 1.00. The Balaban J connectivity index is 3.39. The molecule has 0 saturated carbocycles. The van der Waals surface area contributed by atoms with Gasteiger partial charge in [-0.15, -0.1) is 0 Å². The largest absolute Gasteiger partial charge is 0.385 e. The van der Waals surface area contributed by atoms with Crippen LogP contribution in [0.5, 0.6) is 0 Å². The molecule has 0 aromatic rings. The van der Waals surface area contributed by atoms with Gasteiger partial charge in [-0.1, -0.05) is 15.9 Å². The summed E-state index contributed by atoms with van der Waals surface area (Å²) >= 11 is 2.86. The lowest BCUT2D eigenvalue weighted by atomic mass is 10.5. The van der Waals surface area contributed by atoms with E-state index >= 15 is 0 Å². The van der Waals surface area contributed by atoms with E-state index < -0.39 is 10.0 Å². The second kappa shape index (κ2) is 5.93. The first-order valence-corrected chi connectivity index (χ1v) is 5.92. The second-order valence-corrected chi connectivity index (χ2v) is 5.07. The molecule has 0 unspecified atom stereocenters. The van der Waals surface area contributed by atoms with Crippen LogP contribution in [0, 0.1) is 0 Å². The molecule has 4 nitrogen and oxygen atoms in total. The Bertz CT molecular complexity index is 180. The molecule has 0 heterocycles. The van der Waals surface area contributed by atoms with Crippen LogP contribution in [0.15, 0.2) is 0 Å². The standard InChI is InChI=1S/C5H12BrNO3S/c1-10-4-2-3-7-11(8,9)5-6/h7H,2-5H2,1H3. The average molecular weight is 246 g/mol. The Hall–Kier alpha value is 0.350. The van der Waals surface area contributed by atoms with Crippen LogP contribution in [-0.2, 0) is 14.8 Å². The normalized spacial score (nSPS) is 11.8. The van der Waals surface area contributed by atoms with Crippen molar-refractivity contribution >= 4 is 26.0 Å². The number of hydrogen-bond donors (Lipinski definition) is 1. The third-order valence-electron chi connectivity index (χ3n) is 0.991. The van der Waals surface area contributed by atoms with Crippen molar-refractivity contribution < 1.29 is 13.2 Å². The van der Waals surface area contributed by atoms with Gasteiger partial charge >= 0.3 is 0 Å². The molecule has 0 atom stereocenters. The third-order valence-corrected chi connectivity index (χ3v) is 3.73. The van der Waals surface area contributed by atoms with Crippen molar-refractivity contribution in [3.63, 3.8) is 0 Å². The Kier molecular flexibility index (Phi) is 6.12. The summed E-state index contributed by atoms with van der Waals surface area (Å²) in [5.74, 6) is 0. The quantitative estimate of drug-likeness (QED) is 0.541. The van der Waals surface area contributed by atoms with Gasteiger partial charge in [-0.05, 0) is 6.42 Å². The van der Waals surface area contributed by atoms with Crippen molar-refractivity contribution in [1.29, 1.82) is 0 Å². The van der Waals surface area contributed by atoms with Gasteiger partial charge in [0.2, 0.25) is 10.0 Å². The highest BCUT2D eigenvalue weighted by atomic mass is 79.9. The van der Waals surface area contributed by atoms with Gasteiger partial charge in [-0.2, -0.15) is 0 Å². The lowest BCUT2D eigenvalue weighted by Crippen LogP contribution is -2.25. The number of halogens is 1. The van der Waals surface area contributed by atoms with Crippen molar-refractivity contribution in [3.05, 3.63) is 0 Å². The minimum Gasteiger partial charge on any atom is -0.385 e. The van der Waals surface area contributed by atoms with E-state index in [-0.39, 0.29) is 4.66 Å². The Morgan fingerprint density at radius 2 is 2.18 bits per heavy atom. The summed E-state index contributed by atoms with van der Waals surface area (Å²) in [5, 5.41) is 0. The van der Waals surface area contributed by atoms with Crippen LogP contribution in [-0.4, -0.2) is 33.3 Å². The minimum atomic E-state index is -3.09. The first-order valence-electron chi connectivity index (χ1n) is 3.14. The van der Waals surface area contributed by atoms with Crippen LogP contribution in [0.25, 0.3) is 0 Å². The van der Waals surface area contributed by atoms with E-state index in [1.165, 1.54) is 0 Å². The fourth-order valence-corrected chi connectivity index (χ4v) is 1.50.